The number of carbonyl (C=O) groups excluding carboxylic acids is 1. The smallest absolute Gasteiger partial charge is 0.379 e. The molecule has 0 bridgehead atoms. The first kappa shape index (κ1) is 18.7. The Labute approximate surface area is 176 Å². The van der Waals surface area contributed by atoms with Crippen molar-refractivity contribution in [1.29, 1.82) is 0 Å². The minimum atomic E-state index is -0.666. The first-order valence-electron chi connectivity index (χ1n) is 9.54. The second-order valence-electron chi connectivity index (χ2n) is 6.89. The minimum absolute atomic E-state index is 0.0421. The normalized spacial score (nSPS) is 11.0. The molecule has 0 saturated heterocycles. The van der Waals surface area contributed by atoms with Crippen molar-refractivity contribution in [3.05, 3.63) is 95.0 Å². The summed E-state index contributed by atoms with van der Waals surface area (Å²) in [7, 11) is 1.53. The Bertz CT molecular complexity index is 1480. The van der Waals surface area contributed by atoms with Gasteiger partial charge in [-0.1, -0.05) is 42.5 Å². The Balaban J connectivity index is 1.46. The molecule has 0 fully saturated rings. The molecule has 3 aromatic carbocycles. The maximum atomic E-state index is 12.6. The average molecular weight is 412 g/mol. The molecule has 2 aromatic heterocycles. The van der Waals surface area contributed by atoms with E-state index < -0.39 is 11.6 Å². The number of benzene rings is 3. The van der Waals surface area contributed by atoms with Crippen LogP contribution in [0.1, 0.15) is 10.6 Å². The predicted octanol–water partition coefficient (Wildman–Crippen LogP) is 5.43. The topological polar surface area (TPSA) is 78.9 Å². The molecule has 0 radical (unpaired) electrons. The molecule has 0 unspecified atom stereocenters. The van der Waals surface area contributed by atoms with Crippen LogP contribution in [0.15, 0.2) is 92.5 Å². The fourth-order valence-electron chi connectivity index (χ4n) is 3.43. The van der Waals surface area contributed by atoms with Crippen molar-refractivity contribution in [1.82, 2.24) is 0 Å². The van der Waals surface area contributed by atoms with E-state index in [0.29, 0.717) is 27.9 Å². The Kier molecular flexibility index (Phi) is 4.52. The highest BCUT2D eigenvalue weighted by molar-refractivity contribution is 5.95. The summed E-state index contributed by atoms with van der Waals surface area (Å²) in [4.78, 5) is 25.0. The third kappa shape index (κ3) is 3.44. The van der Waals surface area contributed by atoms with Crippen LogP contribution in [0.4, 0.5) is 0 Å². The zero-order valence-corrected chi connectivity index (χ0v) is 16.5. The summed E-state index contributed by atoms with van der Waals surface area (Å²) in [5.41, 5.74) is 1.56. The van der Waals surface area contributed by atoms with Crippen LogP contribution in [0.2, 0.25) is 0 Å². The summed E-state index contributed by atoms with van der Waals surface area (Å²) in [6.45, 7) is 0. The number of fused-ring (bicyclic) bond motifs is 2. The van der Waals surface area contributed by atoms with Crippen LogP contribution in [-0.2, 0) is 0 Å². The second-order valence-corrected chi connectivity index (χ2v) is 6.89. The van der Waals surface area contributed by atoms with Gasteiger partial charge in [0.2, 0.25) is 5.76 Å². The molecule has 0 aliphatic heterocycles. The molecule has 0 N–H and O–H groups in total. The first-order valence-corrected chi connectivity index (χ1v) is 9.54. The zero-order valence-electron chi connectivity index (χ0n) is 16.5. The second kappa shape index (κ2) is 7.50. The average Bonchev–Trinajstić information content (AvgIpc) is 3.24. The van der Waals surface area contributed by atoms with Crippen molar-refractivity contribution in [2.45, 2.75) is 0 Å². The fraction of sp³-hybridized carbons (Fsp3) is 0.0400. The summed E-state index contributed by atoms with van der Waals surface area (Å²) in [5.74, 6) is 0.139. The van der Waals surface area contributed by atoms with Gasteiger partial charge in [0.25, 0.3) is 0 Å². The number of ether oxygens (including phenoxy) is 2. The van der Waals surface area contributed by atoms with Crippen molar-refractivity contribution in [2.75, 3.05) is 7.11 Å². The highest BCUT2D eigenvalue weighted by Gasteiger charge is 2.17. The molecule has 152 valence electrons. The Morgan fingerprint density at radius 2 is 1.68 bits per heavy atom. The lowest BCUT2D eigenvalue weighted by molar-refractivity contribution is 0.0704. The van der Waals surface area contributed by atoms with Crippen molar-refractivity contribution < 1.29 is 23.1 Å². The Morgan fingerprint density at radius 3 is 2.48 bits per heavy atom. The van der Waals surface area contributed by atoms with Gasteiger partial charge in [0.15, 0.2) is 11.3 Å². The molecule has 31 heavy (non-hydrogen) atoms. The summed E-state index contributed by atoms with van der Waals surface area (Å²) < 4.78 is 21.8. The maximum absolute atomic E-state index is 12.6. The van der Waals surface area contributed by atoms with Gasteiger partial charge >= 0.3 is 11.6 Å². The molecule has 0 amide bonds. The summed E-state index contributed by atoms with van der Waals surface area (Å²) in [6, 6.07) is 22.9. The molecule has 0 atom stereocenters. The zero-order chi connectivity index (χ0) is 21.4. The monoisotopic (exact) mass is 412 g/mol. The maximum Gasteiger partial charge on any atom is 0.379 e. The van der Waals surface area contributed by atoms with E-state index in [-0.39, 0.29) is 11.5 Å². The SMILES string of the molecule is COc1cccc2cc(C(=O)Oc3ccc4cc(-c5ccccc5)c(=O)oc4c3)oc12. The van der Waals surface area contributed by atoms with E-state index in [9.17, 15) is 9.59 Å². The van der Waals surface area contributed by atoms with Gasteiger partial charge in [0.05, 0.1) is 12.7 Å². The van der Waals surface area contributed by atoms with Gasteiger partial charge in [0.1, 0.15) is 11.3 Å². The van der Waals surface area contributed by atoms with Crippen molar-refractivity contribution in [3.8, 4) is 22.6 Å². The molecule has 6 nitrogen and oxygen atoms in total. The van der Waals surface area contributed by atoms with Crippen molar-refractivity contribution in [2.24, 2.45) is 0 Å². The summed E-state index contributed by atoms with van der Waals surface area (Å²) >= 11 is 0. The summed E-state index contributed by atoms with van der Waals surface area (Å²) in [6.07, 6.45) is 0. The van der Waals surface area contributed by atoms with Crippen LogP contribution < -0.4 is 15.1 Å². The van der Waals surface area contributed by atoms with Gasteiger partial charge in [-0.15, -0.1) is 0 Å². The van der Waals surface area contributed by atoms with E-state index in [2.05, 4.69) is 0 Å². The number of rotatable bonds is 4. The van der Waals surface area contributed by atoms with Gasteiger partial charge in [-0.05, 0) is 35.9 Å². The molecular formula is C25H16O6. The number of para-hydroxylation sites is 1. The molecule has 0 spiro atoms. The minimum Gasteiger partial charge on any atom is -0.493 e. The number of hydrogen-bond donors (Lipinski definition) is 0. The van der Waals surface area contributed by atoms with Crippen LogP contribution in [0, 0.1) is 0 Å². The quantitative estimate of drug-likeness (QED) is 0.222. The molecule has 0 aliphatic rings. The van der Waals surface area contributed by atoms with Gasteiger partial charge in [-0.2, -0.15) is 0 Å². The molecular weight excluding hydrogens is 396 g/mol. The lowest BCUT2D eigenvalue weighted by atomic mass is 10.1. The van der Waals surface area contributed by atoms with E-state index >= 15 is 0 Å². The molecule has 6 heteroatoms. The molecule has 0 aliphatic carbocycles. The molecule has 0 saturated carbocycles. The Morgan fingerprint density at radius 1 is 0.839 bits per heavy atom. The Hall–Kier alpha value is -4.32. The van der Waals surface area contributed by atoms with Gasteiger partial charge < -0.3 is 18.3 Å². The number of hydrogen-bond acceptors (Lipinski definition) is 6. The largest absolute Gasteiger partial charge is 0.493 e. The van der Waals surface area contributed by atoms with E-state index in [1.54, 1.807) is 36.4 Å². The highest BCUT2D eigenvalue weighted by Crippen LogP contribution is 2.30. The third-order valence-corrected chi connectivity index (χ3v) is 4.93. The van der Waals surface area contributed by atoms with Gasteiger partial charge in [-0.3, -0.25) is 0 Å². The highest BCUT2D eigenvalue weighted by atomic mass is 16.5. The molecule has 5 aromatic rings. The van der Waals surface area contributed by atoms with Gasteiger partial charge in [0, 0.05) is 16.8 Å². The fourth-order valence-corrected chi connectivity index (χ4v) is 3.43. The number of esters is 1. The first-order chi connectivity index (χ1) is 15.1. The molecule has 5 rings (SSSR count). The lowest BCUT2D eigenvalue weighted by Gasteiger charge is -2.05. The van der Waals surface area contributed by atoms with E-state index in [0.717, 1.165) is 10.9 Å². The summed E-state index contributed by atoms with van der Waals surface area (Å²) in [5, 5.41) is 1.44. The van der Waals surface area contributed by atoms with Crippen LogP contribution in [-0.4, -0.2) is 13.1 Å². The van der Waals surface area contributed by atoms with Crippen LogP contribution in [0.25, 0.3) is 33.1 Å². The lowest BCUT2D eigenvalue weighted by Crippen LogP contribution is -2.07. The van der Waals surface area contributed by atoms with Crippen LogP contribution in [0.3, 0.4) is 0 Å². The van der Waals surface area contributed by atoms with Gasteiger partial charge in [-0.25, -0.2) is 9.59 Å². The number of carbonyl (C=O) groups is 1. The van der Waals surface area contributed by atoms with Crippen LogP contribution >= 0.6 is 0 Å². The van der Waals surface area contributed by atoms with Crippen molar-refractivity contribution >= 4 is 27.9 Å². The predicted molar refractivity (Wildman–Crippen MR) is 116 cm³/mol. The van der Waals surface area contributed by atoms with E-state index in [1.807, 2.05) is 36.4 Å². The van der Waals surface area contributed by atoms with E-state index in [1.165, 1.54) is 13.2 Å². The molecule has 2 heterocycles. The van der Waals surface area contributed by atoms with Crippen LogP contribution in [0.5, 0.6) is 11.5 Å². The van der Waals surface area contributed by atoms with E-state index in [4.69, 9.17) is 18.3 Å². The number of furan rings is 1. The van der Waals surface area contributed by atoms with Crippen molar-refractivity contribution in [3.63, 3.8) is 0 Å². The standard InChI is InChI=1S/C25H16O6/c1-28-20-9-5-8-17-13-22(30-23(17)20)25(27)29-18-11-10-16-12-19(15-6-3-2-4-7-15)24(26)31-21(16)14-18/h2-14H,1H3. The third-order valence-electron chi connectivity index (χ3n) is 4.93. The number of methoxy groups -OCH3 is 1.